The summed E-state index contributed by atoms with van der Waals surface area (Å²) in [5.41, 5.74) is 2.24. The van der Waals surface area contributed by atoms with Gasteiger partial charge in [0.2, 0.25) is 0 Å². The summed E-state index contributed by atoms with van der Waals surface area (Å²) < 4.78 is 0. The van der Waals surface area contributed by atoms with Crippen LogP contribution in [-0.4, -0.2) is 26.0 Å². The molecule has 0 atom stereocenters. The van der Waals surface area contributed by atoms with Crippen LogP contribution in [0.5, 0.6) is 0 Å². The van der Waals surface area contributed by atoms with Gasteiger partial charge in [0.05, 0.1) is 12.2 Å². The van der Waals surface area contributed by atoms with Crippen molar-refractivity contribution in [3.05, 3.63) is 35.7 Å². The Bertz CT molecular complexity index is 704. The third-order valence-electron chi connectivity index (χ3n) is 3.74. The van der Waals surface area contributed by atoms with Gasteiger partial charge < -0.3 is 10.2 Å². The van der Waals surface area contributed by atoms with Crippen LogP contribution in [-0.2, 0) is 18.5 Å². The summed E-state index contributed by atoms with van der Waals surface area (Å²) in [6.45, 7) is 12.1. The molecule has 0 aliphatic carbocycles. The number of fused-ring (bicyclic) bond motifs is 1. The Kier molecular flexibility index (Phi) is 3.92. The summed E-state index contributed by atoms with van der Waals surface area (Å²) in [7, 11) is 0. The fourth-order valence-electron chi connectivity index (χ4n) is 2.57. The molecule has 2 aromatic heterocycles. The lowest BCUT2D eigenvalue weighted by molar-refractivity contribution is 0.541. The molecule has 6 heteroatoms. The van der Waals surface area contributed by atoms with Crippen molar-refractivity contribution in [1.29, 1.82) is 0 Å². The zero-order valence-electron chi connectivity index (χ0n) is 14.5. The van der Waals surface area contributed by atoms with Crippen LogP contribution < -0.4 is 10.2 Å². The summed E-state index contributed by atoms with van der Waals surface area (Å²) in [4.78, 5) is 20.2. The molecule has 3 rings (SSSR count). The highest BCUT2D eigenvalue weighted by Crippen LogP contribution is 2.28. The average Bonchev–Trinajstić information content (AvgIpc) is 2.89. The summed E-state index contributed by atoms with van der Waals surface area (Å²) >= 11 is 0. The number of nitrogens with zero attached hydrogens (tertiary/aromatic N) is 5. The van der Waals surface area contributed by atoms with Crippen LogP contribution in [0.15, 0.2) is 18.6 Å². The molecule has 0 fully saturated rings. The van der Waals surface area contributed by atoms with E-state index in [0.717, 1.165) is 36.2 Å². The lowest BCUT2D eigenvalue weighted by Crippen LogP contribution is -2.18. The molecule has 0 amide bonds. The minimum absolute atomic E-state index is 0.0360. The summed E-state index contributed by atoms with van der Waals surface area (Å²) in [6, 6.07) is 2.33. The van der Waals surface area contributed by atoms with Crippen LogP contribution in [0.1, 0.15) is 51.7 Å². The first-order valence-electron chi connectivity index (χ1n) is 8.02. The van der Waals surface area contributed by atoms with Crippen molar-refractivity contribution in [3.8, 4) is 0 Å². The van der Waals surface area contributed by atoms with Gasteiger partial charge in [-0.15, -0.1) is 0 Å². The molecule has 2 aromatic rings. The number of aromatic nitrogens is 4. The normalized spacial score (nSPS) is 14.3. The number of nitrogens with one attached hydrogen (secondary N) is 1. The Hall–Kier alpha value is -2.24. The van der Waals surface area contributed by atoms with Gasteiger partial charge in [-0.3, -0.25) is 0 Å². The van der Waals surface area contributed by atoms with Gasteiger partial charge in [-0.1, -0.05) is 20.8 Å². The van der Waals surface area contributed by atoms with Crippen LogP contribution in [0.2, 0.25) is 0 Å². The smallest absolute Gasteiger partial charge is 0.134 e. The zero-order valence-corrected chi connectivity index (χ0v) is 14.5. The largest absolute Gasteiger partial charge is 0.368 e. The van der Waals surface area contributed by atoms with Crippen LogP contribution in [0.25, 0.3) is 0 Å². The molecular formula is C17H24N6. The maximum Gasteiger partial charge on any atom is 0.134 e. The monoisotopic (exact) mass is 312 g/mol. The lowest BCUT2D eigenvalue weighted by Gasteiger charge is -2.17. The highest BCUT2D eigenvalue weighted by molar-refractivity contribution is 5.51. The van der Waals surface area contributed by atoms with E-state index in [-0.39, 0.29) is 5.41 Å². The van der Waals surface area contributed by atoms with E-state index in [0.29, 0.717) is 6.04 Å². The Morgan fingerprint density at radius 2 is 1.91 bits per heavy atom. The molecule has 0 unspecified atom stereocenters. The molecule has 1 aliphatic heterocycles. The molecule has 1 N–H and O–H groups in total. The van der Waals surface area contributed by atoms with E-state index in [1.165, 1.54) is 5.56 Å². The number of hydrogen-bond acceptors (Lipinski definition) is 6. The van der Waals surface area contributed by atoms with Gasteiger partial charge in [0.15, 0.2) is 0 Å². The van der Waals surface area contributed by atoms with Gasteiger partial charge >= 0.3 is 0 Å². The molecule has 0 aromatic carbocycles. The Morgan fingerprint density at radius 3 is 2.61 bits per heavy atom. The van der Waals surface area contributed by atoms with E-state index in [1.807, 2.05) is 12.3 Å². The summed E-state index contributed by atoms with van der Waals surface area (Å²) in [6.07, 6.45) is 3.56. The second-order valence-electron chi connectivity index (χ2n) is 7.33. The van der Waals surface area contributed by atoms with Crippen molar-refractivity contribution in [2.45, 2.75) is 59.2 Å². The Labute approximate surface area is 137 Å². The van der Waals surface area contributed by atoms with Crippen LogP contribution in [0.4, 0.5) is 11.6 Å². The standard InChI is InChI=1S/C17H24N6/c1-11(2)21-14-6-15(20-10-19-14)23-8-12-7-18-16(17(3,4)5)22-13(12)9-23/h6-7,10-11H,8-9H2,1-5H3,(H,19,20,21). The van der Waals surface area contributed by atoms with E-state index < -0.39 is 0 Å². The van der Waals surface area contributed by atoms with E-state index in [2.05, 4.69) is 59.8 Å². The third kappa shape index (κ3) is 3.41. The number of anilines is 2. The van der Waals surface area contributed by atoms with Crippen molar-refractivity contribution < 1.29 is 0 Å². The second kappa shape index (κ2) is 5.76. The minimum atomic E-state index is -0.0360. The second-order valence-corrected chi connectivity index (χ2v) is 7.33. The quantitative estimate of drug-likeness (QED) is 0.940. The molecule has 0 saturated carbocycles. The molecule has 1 aliphatic rings. The van der Waals surface area contributed by atoms with Gasteiger partial charge in [0, 0.05) is 35.8 Å². The van der Waals surface area contributed by atoms with Crippen LogP contribution in [0.3, 0.4) is 0 Å². The predicted octanol–water partition coefficient (Wildman–Crippen LogP) is 2.90. The van der Waals surface area contributed by atoms with Gasteiger partial charge in [0.25, 0.3) is 0 Å². The Morgan fingerprint density at radius 1 is 1.13 bits per heavy atom. The molecule has 0 bridgehead atoms. The SMILES string of the molecule is CC(C)Nc1cc(N2Cc3cnc(C(C)(C)C)nc3C2)ncn1. The van der Waals surface area contributed by atoms with E-state index >= 15 is 0 Å². The molecule has 6 nitrogen and oxygen atoms in total. The van der Waals surface area contributed by atoms with E-state index in [1.54, 1.807) is 6.33 Å². The molecule has 23 heavy (non-hydrogen) atoms. The fraction of sp³-hybridized carbons (Fsp3) is 0.529. The first-order valence-corrected chi connectivity index (χ1v) is 8.02. The molecule has 0 radical (unpaired) electrons. The maximum absolute atomic E-state index is 4.76. The number of rotatable bonds is 3. The highest BCUT2D eigenvalue weighted by Gasteiger charge is 2.25. The van der Waals surface area contributed by atoms with Crippen LogP contribution >= 0.6 is 0 Å². The minimum Gasteiger partial charge on any atom is -0.368 e. The summed E-state index contributed by atoms with van der Waals surface area (Å²) in [5, 5.41) is 3.31. The van der Waals surface area contributed by atoms with Crippen molar-refractivity contribution >= 4 is 11.6 Å². The third-order valence-corrected chi connectivity index (χ3v) is 3.74. The first kappa shape index (κ1) is 15.6. The van der Waals surface area contributed by atoms with Crippen LogP contribution in [0, 0.1) is 0 Å². The molecule has 0 saturated heterocycles. The van der Waals surface area contributed by atoms with Crippen molar-refractivity contribution in [2.24, 2.45) is 0 Å². The van der Waals surface area contributed by atoms with E-state index in [4.69, 9.17) is 4.98 Å². The average molecular weight is 312 g/mol. The van der Waals surface area contributed by atoms with E-state index in [9.17, 15) is 0 Å². The number of hydrogen-bond donors (Lipinski definition) is 1. The van der Waals surface area contributed by atoms with Gasteiger partial charge in [0.1, 0.15) is 23.8 Å². The van der Waals surface area contributed by atoms with Crippen molar-refractivity contribution in [1.82, 2.24) is 19.9 Å². The van der Waals surface area contributed by atoms with Crippen molar-refractivity contribution in [3.63, 3.8) is 0 Å². The zero-order chi connectivity index (χ0) is 16.6. The van der Waals surface area contributed by atoms with Gasteiger partial charge in [-0.25, -0.2) is 19.9 Å². The first-order chi connectivity index (χ1) is 10.8. The predicted molar refractivity (Wildman–Crippen MR) is 91.4 cm³/mol. The summed E-state index contributed by atoms with van der Waals surface area (Å²) in [5.74, 6) is 2.66. The highest BCUT2D eigenvalue weighted by atomic mass is 15.2. The molecular weight excluding hydrogens is 288 g/mol. The van der Waals surface area contributed by atoms with Crippen molar-refractivity contribution in [2.75, 3.05) is 10.2 Å². The van der Waals surface area contributed by atoms with Gasteiger partial charge in [-0.2, -0.15) is 0 Å². The molecule has 0 spiro atoms. The Balaban J connectivity index is 1.82. The lowest BCUT2D eigenvalue weighted by atomic mass is 9.95. The fourth-order valence-corrected chi connectivity index (χ4v) is 2.57. The molecule has 3 heterocycles. The molecule has 122 valence electrons. The maximum atomic E-state index is 4.76. The topological polar surface area (TPSA) is 66.8 Å². The van der Waals surface area contributed by atoms with Gasteiger partial charge in [-0.05, 0) is 13.8 Å².